The smallest absolute Gasteiger partial charge is 0.321 e. The lowest BCUT2D eigenvalue weighted by atomic mass is 9.77. The fraction of sp³-hybridized carbons (Fsp3) is 1.00. The Hall–Kier alpha value is 0.137. The Labute approximate surface area is 129 Å². The minimum Gasteiger partial charge on any atom is -0.397 e. The molecule has 0 fully saturated rings. The van der Waals surface area contributed by atoms with Crippen LogP contribution in [0.1, 0.15) is 80.6 Å². The van der Waals surface area contributed by atoms with E-state index in [9.17, 15) is 0 Å². The van der Waals surface area contributed by atoms with Gasteiger partial charge in [-0.3, -0.25) is 0 Å². The standard InChI is InChI=1S/C17H38O2Si/c1-8-11-13-18-20(14-10-3)19-17(12-9-2,15(4)5)16(6)7/h15-16,20H,8-14H2,1-7H3. The molecule has 0 aliphatic rings. The second-order valence-electron chi connectivity index (χ2n) is 6.57. The monoisotopic (exact) mass is 302 g/mol. The van der Waals surface area contributed by atoms with E-state index in [2.05, 4.69) is 48.5 Å². The summed E-state index contributed by atoms with van der Waals surface area (Å²) in [5, 5.41) is 0. The maximum atomic E-state index is 6.71. The quantitative estimate of drug-likeness (QED) is 0.360. The summed E-state index contributed by atoms with van der Waals surface area (Å²) in [7, 11) is -1.53. The van der Waals surface area contributed by atoms with E-state index in [0.29, 0.717) is 11.8 Å². The van der Waals surface area contributed by atoms with Crippen LogP contribution in [0.2, 0.25) is 6.04 Å². The average Bonchev–Trinajstić information content (AvgIpc) is 2.37. The van der Waals surface area contributed by atoms with Crippen LogP contribution in [0.15, 0.2) is 0 Å². The van der Waals surface area contributed by atoms with Crippen molar-refractivity contribution in [3.05, 3.63) is 0 Å². The third-order valence-electron chi connectivity index (χ3n) is 4.27. The molecule has 0 aromatic heterocycles. The molecule has 20 heavy (non-hydrogen) atoms. The van der Waals surface area contributed by atoms with Gasteiger partial charge in [-0.2, -0.15) is 0 Å². The number of hydrogen-bond donors (Lipinski definition) is 0. The highest BCUT2D eigenvalue weighted by molar-refractivity contribution is 6.44. The van der Waals surface area contributed by atoms with Gasteiger partial charge in [-0.15, -0.1) is 0 Å². The molecule has 0 rings (SSSR count). The van der Waals surface area contributed by atoms with Gasteiger partial charge in [0.05, 0.1) is 5.60 Å². The molecule has 0 saturated carbocycles. The highest BCUT2D eigenvalue weighted by atomic mass is 28.3. The molecule has 2 nitrogen and oxygen atoms in total. The molecule has 0 aliphatic carbocycles. The van der Waals surface area contributed by atoms with E-state index in [1.807, 2.05) is 0 Å². The van der Waals surface area contributed by atoms with E-state index in [-0.39, 0.29) is 5.60 Å². The van der Waals surface area contributed by atoms with Crippen LogP contribution in [0.3, 0.4) is 0 Å². The fourth-order valence-corrected chi connectivity index (χ4v) is 5.39. The lowest BCUT2D eigenvalue weighted by Gasteiger charge is -2.44. The first kappa shape index (κ1) is 20.1. The largest absolute Gasteiger partial charge is 0.397 e. The molecule has 0 radical (unpaired) electrons. The van der Waals surface area contributed by atoms with Gasteiger partial charge in [0.1, 0.15) is 0 Å². The van der Waals surface area contributed by atoms with Crippen LogP contribution >= 0.6 is 0 Å². The third kappa shape index (κ3) is 6.27. The molecule has 0 heterocycles. The Morgan fingerprint density at radius 3 is 1.90 bits per heavy atom. The van der Waals surface area contributed by atoms with Gasteiger partial charge in [-0.25, -0.2) is 0 Å². The third-order valence-corrected chi connectivity index (χ3v) is 6.63. The molecule has 1 atom stereocenters. The Kier molecular flexibility index (Phi) is 10.9. The molecule has 0 spiro atoms. The Morgan fingerprint density at radius 2 is 1.50 bits per heavy atom. The normalized spacial score (nSPS) is 14.2. The van der Waals surface area contributed by atoms with Crippen molar-refractivity contribution in [2.75, 3.05) is 6.61 Å². The summed E-state index contributed by atoms with van der Waals surface area (Å²) in [6, 6.07) is 1.13. The summed E-state index contributed by atoms with van der Waals surface area (Å²) in [6.07, 6.45) is 5.84. The highest BCUT2D eigenvalue weighted by Gasteiger charge is 2.39. The van der Waals surface area contributed by atoms with Crippen LogP contribution in [0, 0.1) is 11.8 Å². The van der Waals surface area contributed by atoms with Gasteiger partial charge in [-0.1, -0.05) is 67.7 Å². The molecular weight excluding hydrogens is 264 g/mol. The van der Waals surface area contributed by atoms with Crippen LogP contribution in [0.25, 0.3) is 0 Å². The van der Waals surface area contributed by atoms with Crippen molar-refractivity contribution in [1.82, 2.24) is 0 Å². The molecule has 0 saturated heterocycles. The number of rotatable bonds is 12. The molecular formula is C17H38O2Si. The summed E-state index contributed by atoms with van der Waals surface area (Å²) in [5.74, 6) is 1.09. The van der Waals surface area contributed by atoms with E-state index < -0.39 is 9.28 Å². The zero-order valence-corrected chi connectivity index (χ0v) is 16.2. The molecule has 3 heteroatoms. The van der Waals surface area contributed by atoms with Crippen molar-refractivity contribution in [3.8, 4) is 0 Å². The van der Waals surface area contributed by atoms with E-state index in [1.165, 1.54) is 19.3 Å². The number of hydrogen-bond acceptors (Lipinski definition) is 2. The van der Waals surface area contributed by atoms with Gasteiger partial charge in [-0.05, 0) is 30.7 Å². The van der Waals surface area contributed by atoms with E-state index in [1.54, 1.807) is 0 Å². The predicted molar refractivity (Wildman–Crippen MR) is 91.5 cm³/mol. The van der Waals surface area contributed by atoms with Crippen LogP contribution < -0.4 is 0 Å². The van der Waals surface area contributed by atoms with Gasteiger partial charge in [0.25, 0.3) is 0 Å². The first-order valence-corrected chi connectivity index (χ1v) is 10.5. The second kappa shape index (κ2) is 10.8. The molecule has 0 aliphatic heterocycles. The molecule has 122 valence electrons. The van der Waals surface area contributed by atoms with Gasteiger partial charge < -0.3 is 8.85 Å². The maximum Gasteiger partial charge on any atom is 0.321 e. The zero-order valence-electron chi connectivity index (χ0n) is 15.0. The van der Waals surface area contributed by atoms with Crippen molar-refractivity contribution in [2.24, 2.45) is 11.8 Å². The van der Waals surface area contributed by atoms with E-state index in [4.69, 9.17) is 8.85 Å². The summed E-state index contributed by atoms with van der Waals surface area (Å²) in [5.41, 5.74) is 0.00697. The van der Waals surface area contributed by atoms with Crippen molar-refractivity contribution in [3.63, 3.8) is 0 Å². The summed E-state index contributed by atoms with van der Waals surface area (Å²) in [4.78, 5) is 0. The average molecular weight is 303 g/mol. The van der Waals surface area contributed by atoms with E-state index >= 15 is 0 Å². The van der Waals surface area contributed by atoms with Crippen molar-refractivity contribution < 1.29 is 8.85 Å². The molecule has 0 aromatic rings. The van der Waals surface area contributed by atoms with Gasteiger partial charge >= 0.3 is 9.28 Å². The second-order valence-corrected chi connectivity index (χ2v) is 8.58. The van der Waals surface area contributed by atoms with Gasteiger partial charge in [0, 0.05) is 6.61 Å². The zero-order chi connectivity index (χ0) is 15.6. The molecule has 1 unspecified atom stereocenters. The van der Waals surface area contributed by atoms with Crippen molar-refractivity contribution >= 4 is 9.28 Å². The first-order valence-electron chi connectivity index (χ1n) is 8.73. The lowest BCUT2D eigenvalue weighted by molar-refractivity contribution is -0.0509. The fourth-order valence-electron chi connectivity index (χ4n) is 2.98. The molecule has 0 aromatic carbocycles. The van der Waals surface area contributed by atoms with Crippen LogP contribution in [0.4, 0.5) is 0 Å². The van der Waals surface area contributed by atoms with Gasteiger partial charge in [0.2, 0.25) is 0 Å². The van der Waals surface area contributed by atoms with Crippen molar-refractivity contribution in [1.29, 1.82) is 0 Å². The topological polar surface area (TPSA) is 18.5 Å². The molecule has 0 N–H and O–H groups in total. The summed E-state index contributed by atoms with van der Waals surface area (Å²) in [6.45, 7) is 16.8. The van der Waals surface area contributed by atoms with Gasteiger partial charge in [0.15, 0.2) is 0 Å². The Bertz CT molecular complexity index is 221. The molecule has 0 amide bonds. The Morgan fingerprint density at radius 1 is 0.900 bits per heavy atom. The first-order chi connectivity index (χ1) is 9.44. The van der Waals surface area contributed by atoms with Crippen LogP contribution in [0.5, 0.6) is 0 Å². The van der Waals surface area contributed by atoms with Crippen LogP contribution in [-0.2, 0) is 8.85 Å². The SMILES string of the molecule is CCCCO[SiH](CCC)OC(CCC)(C(C)C)C(C)C. The van der Waals surface area contributed by atoms with Crippen molar-refractivity contribution in [2.45, 2.75) is 92.2 Å². The lowest BCUT2D eigenvalue weighted by Crippen LogP contribution is -2.48. The Balaban J connectivity index is 4.85. The molecule has 0 bridgehead atoms. The highest BCUT2D eigenvalue weighted by Crippen LogP contribution is 2.36. The summed E-state index contributed by atoms with van der Waals surface area (Å²) < 4.78 is 12.8. The maximum absolute atomic E-state index is 6.71. The van der Waals surface area contributed by atoms with E-state index in [0.717, 1.165) is 25.5 Å². The summed E-state index contributed by atoms with van der Waals surface area (Å²) >= 11 is 0. The minimum atomic E-state index is -1.53. The predicted octanol–water partition coefficient (Wildman–Crippen LogP) is 5.30. The number of unbranched alkanes of at least 4 members (excludes halogenated alkanes) is 1. The minimum absolute atomic E-state index is 0.00697. The van der Waals surface area contributed by atoms with Crippen LogP contribution in [-0.4, -0.2) is 21.5 Å².